The van der Waals surface area contributed by atoms with Gasteiger partial charge < -0.3 is 14.8 Å². The molecule has 0 bridgehead atoms. The van der Waals surface area contributed by atoms with E-state index in [-0.39, 0.29) is 5.54 Å². The Balaban J connectivity index is 1.75. The molecule has 1 aliphatic rings. The first kappa shape index (κ1) is 15.0. The summed E-state index contributed by atoms with van der Waals surface area (Å²) in [6.07, 6.45) is 0. The van der Waals surface area contributed by atoms with Crippen molar-refractivity contribution in [2.45, 2.75) is 12.5 Å². The number of pyridine rings is 1. The van der Waals surface area contributed by atoms with Crippen molar-refractivity contribution in [2.24, 2.45) is 0 Å². The Hall–Kier alpha value is -2.59. The zero-order valence-electron chi connectivity index (χ0n) is 13.9. The number of methoxy groups -OCH3 is 1. The highest BCUT2D eigenvalue weighted by molar-refractivity contribution is 5.91. The molecule has 0 unspecified atom stereocenters. The molecule has 0 aliphatic carbocycles. The van der Waals surface area contributed by atoms with E-state index in [0.717, 1.165) is 28.0 Å². The van der Waals surface area contributed by atoms with Gasteiger partial charge in [-0.15, -0.1) is 0 Å². The monoisotopic (exact) mass is 320 g/mol. The fourth-order valence-corrected chi connectivity index (χ4v) is 3.20. The molecule has 3 aromatic rings. The number of aromatic nitrogens is 1. The molecular weight excluding hydrogens is 300 g/mol. The van der Waals surface area contributed by atoms with E-state index in [9.17, 15) is 0 Å². The maximum Gasteiger partial charge on any atom is 0.118 e. The van der Waals surface area contributed by atoms with E-state index in [4.69, 9.17) is 9.47 Å². The predicted octanol–water partition coefficient (Wildman–Crippen LogP) is 3.89. The molecular formula is C20H20N2O2. The number of benzene rings is 2. The van der Waals surface area contributed by atoms with Crippen LogP contribution in [0.1, 0.15) is 11.3 Å². The molecule has 4 heteroatoms. The van der Waals surface area contributed by atoms with Crippen LogP contribution in [0, 0.1) is 6.92 Å². The Morgan fingerprint density at radius 1 is 1.08 bits per heavy atom. The first-order chi connectivity index (χ1) is 11.7. The third-order valence-electron chi connectivity index (χ3n) is 4.56. The van der Waals surface area contributed by atoms with E-state index in [0.29, 0.717) is 13.2 Å². The van der Waals surface area contributed by atoms with E-state index in [1.54, 1.807) is 7.11 Å². The van der Waals surface area contributed by atoms with Crippen LogP contribution in [0.5, 0.6) is 5.75 Å². The van der Waals surface area contributed by atoms with Gasteiger partial charge >= 0.3 is 0 Å². The maximum atomic E-state index is 5.55. The lowest BCUT2D eigenvalue weighted by Gasteiger charge is -2.43. The zero-order chi connectivity index (χ0) is 16.6. The number of nitrogens with one attached hydrogen (secondary N) is 1. The van der Waals surface area contributed by atoms with Crippen LogP contribution in [-0.2, 0) is 10.3 Å². The highest BCUT2D eigenvalue weighted by Gasteiger charge is 2.40. The van der Waals surface area contributed by atoms with Gasteiger partial charge in [-0.1, -0.05) is 30.3 Å². The van der Waals surface area contributed by atoms with E-state index in [1.807, 2.05) is 37.3 Å². The third kappa shape index (κ3) is 2.49. The quantitative estimate of drug-likeness (QED) is 0.792. The molecule has 1 saturated heterocycles. The SMILES string of the molecule is COc1ccc(C2(Nc3cc(C)nc4ccccc34)COC2)cc1. The number of hydrogen-bond acceptors (Lipinski definition) is 4. The third-order valence-corrected chi connectivity index (χ3v) is 4.56. The second-order valence-corrected chi connectivity index (χ2v) is 6.26. The second-order valence-electron chi connectivity index (χ2n) is 6.26. The minimum absolute atomic E-state index is 0.206. The van der Waals surface area contributed by atoms with Gasteiger partial charge in [-0.05, 0) is 36.8 Å². The van der Waals surface area contributed by atoms with E-state index in [1.165, 1.54) is 5.56 Å². The van der Waals surface area contributed by atoms with Crippen LogP contribution in [0.4, 0.5) is 5.69 Å². The summed E-state index contributed by atoms with van der Waals surface area (Å²) in [6.45, 7) is 3.32. The van der Waals surface area contributed by atoms with Crippen molar-refractivity contribution in [1.82, 2.24) is 4.98 Å². The van der Waals surface area contributed by atoms with Crippen molar-refractivity contribution < 1.29 is 9.47 Å². The minimum atomic E-state index is -0.206. The number of aryl methyl sites for hydroxylation is 1. The molecule has 0 radical (unpaired) electrons. The smallest absolute Gasteiger partial charge is 0.118 e. The fraction of sp³-hybridized carbons (Fsp3) is 0.250. The topological polar surface area (TPSA) is 43.4 Å². The molecule has 2 aromatic carbocycles. The van der Waals surface area contributed by atoms with Crippen molar-refractivity contribution >= 4 is 16.6 Å². The van der Waals surface area contributed by atoms with Gasteiger partial charge in [0.1, 0.15) is 11.3 Å². The fourth-order valence-electron chi connectivity index (χ4n) is 3.20. The summed E-state index contributed by atoms with van der Waals surface area (Å²) in [4.78, 5) is 4.62. The van der Waals surface area contributed by atoms with Gasteiger partial charge in [0, 0.05) is 16.8 Å². The van der Waals surface area contributed by atoms with Gasteiger partial charge in [0.25, 0.3) is 0 Å². The van der Waals surface area contributed by atoms with Crippen molar-refractivity contribution in [2.75, 3.05) is 25.6 Å². The molecule has 0 amide bonds. The number of hydrogen-bond donors (Lipinski definition) is 1. The van der Waals surface area contributed by atoms with Gasteiger partial charge in [0.2, 0.25) is 0 Å². The van der Waals surface area contributed by atoms with E-state index in [2.05, 4.69) is 34.6 Å². The van der Waals surface area contributed by atoms with Gasteiger partial charge in [0.05, 0.1) is 25.8 Å². The molecule has 0 atom stereocenters. The number of rotatable bonds is 4. The summed E-state index contributed by atoms with van der Waals surface area (Å²) in [7, 11) is 1.68. The molecule has 2 heterocycles. The highest BCUT2D eigenvalue weighted by Crippen LogP contribution is 2.36. The van der Waals surface area contributed by atoms with Gasteiger partial charge in [-0.3, -0.25) is 4.98 Å². The van der Waals surface area contributed by atoms with Gasteiger partial charge in [-0.25, -0.2) is 0 Å². The Morgan fingerprint density at radius 3 is 2.50 bits per heavy atom. The van der Waals surface area contributed by atoms with Crippen LogP contribution >= 0.6 is 0 Å². The molecule has 122 valence electrons. The normalized spacial score (nSPS) is 15.8. The molecule has 1 aliphatic heterocycles. The number of nitrogens with zero attached hydrogens (tertiary/aromatic N) is 1. The first-order valence-electron chi connectivity index (χ1n) is 8.07. The lowest BCUT2D eigenvalue weighted by Crippen LogP contribution is -2.53. The van der Waals surface area contributed by atoms with Crippen LogP contribution in [0.2, 0.25) is 0 Å². The predicted molar refractivity (Wildman–Crippen MR) is 95.6 cm³/mol. The Kier molecular flexibility index (Phi) is 3.62. The molecule has 1 aromatic heterocycles. The first-order valence-corrected chi connectivity index (χ1v) is 8.07. The molecule has 0 saturated carbocycles. The average molecular weight is 320 g/mol. The zero-order valence-corrected chi connectivity index (χ0v) is 13.9. The summed E-state index contributed by atoms with van der Waals surface area (Å²) in [6, 6.07) is 18.5. The van der Waals surface area contributed by atoms with Crippen LogP contribution < -0.4 is 10.1 Å². The number of para-hydroxylation sites is 1. The number of ether oxygens (including phenoxy) is 2. The van der Waals surface area contributed by atoms with Crippen LogP contribution in [0.3, 0.4) is 0 Å². The minimum Gasteiger partial charge on any atom is -0.497 e. The number of anilines is 1. The Labute approximate surface area is 141 Å². The number of fused-ring (bicyclic) bond motifs is 1. The molecule has 4 rings (SSSR count). The average Bonchev–Trinajstić information content (AvgIpc) is 2.58. The lowest BCUT2D eigenvalue weighted by atomic mass is 9.87. The molecule has 1 N–H and O–H groups in total. The summed E-state index contributed by atoms with van der Waals surface area (Å²) < 4.78 is 10.8. The van der Waals surface area contributed by atoms with E-state index >= 15 is 0 Å². The maximum absolute atomic E-state index is 5.55. The van der Waals surface area contributed by atoms with Crippen molar-refractivity contribution in [3.05, 3.63) is 65.9 Å². The Morgan fingerprint density at radius 2 is 1.83 bits per heavy atom. The van der Waals surface area contributed by atoms with Crippen molar-refractivity contribution in [3.63, 3.8) is 0 Å². The highest BCUT2D eigenvalue weighted by atomic mass is 16.5. The summed E-state index contributed by atoms with van der Waals surface area (Å²) >= 11 is 0. The largest absolute Gasteiger partial charge is 0.497 e. The van der Waals surface area contributed by atoms with Gasteiger partial charge in [-0.2, -0.15) is 0 Å². The molecule has 4 nitrogen and oxygen atoms in total. The van der Waals surface area contributed by atoms with Crippen LogP contribution in [-0.4, -0.2) is 25.3 Å². The van der Waals surface area contributed by atoms with Gasteiger partial charge in [0.15, 0.2) is 0 Å². The van der Waals surface area contributed by atoms with Crippen molar-refractivity contribution in [1.29, 1.82) is 0 Å². The summed E-state index contributed by atoms with van der Waals surface area (Å²) in [5.41, 5.74) is 4.10. The van der Waals surface area contributed by atoms with Crippen LogP contribution in [0.25, 0.3) is 10.9 Å². The summed E-state index contributed by atoms with van der Waals surface area (Å²) in [5, 5.41) is 4.85. The Bertz CT molecular complexity index is 870. The second kappa shape index (κ2) is 5.80. The molecule has 0 spiro atoms. The molecule has 1 fully saturated rings. The van der Waals surface area contributed by atoms with E-state index < -0.39 is 0 Å². The van der Waals surface area contributed by atoms with Crippen molar-refractivity contribution in [3.8, 4) is 5.75 Å². The summed E-state index contributed by atoms with van der Waals surface area (Å²) in [5.74, 6) is 0.861. The standard InChI is InChI=1S/C20H20N2O2/c1-14-11-19(17-5-3-4-6-18(17)21-14)22-20(12-24-13-20)15-7-9-16(23-2)10-8-15/h3-11H,12-13H2,1-2H3,(H,21,22). The lowest BCUT2D eigenvalue weighted by molar-refractivity contribution is -0.0446. The molecule has 24 heavy (non-hydrogen) atoms. The van der Waals surface area contributed by atoms with Crippen LogP contribution in [0.15, 0.2) is 54.6 Å².